The van der Waals surface area contributed by atoms with E-state index >= 15 is 0 Å². The maximum absolute atomic E-state index is 13.3. The first kappa shape index (κ1) is 21.0. The van der Waals surface area contributed by atoms with Crippen LogP contribution < -0.4 is 11.1 Å². The Labute approximate surface area is 176 Å². The average molecular weight is 430 g/mol. The highest BCUT2D eigenvalue weighted by molar-refractivity contribution is 6.20. The molecule has 2 amide bonds. The molecule has 0 aliphatic heterocycles. The molecule has 31 heavy (non-hydrogen) atoms. The largest absolute Gasteiger partial charge is 0.508 e. The topological polar surface area (TPSA) is 187 Å². The predicted molar refractivity (Wildman–Crippen MR) is 105 cm³/mol. The van der Waals surface area contributed by atoms with E-state index in [0.29, 0.717) is 11.3 Å². The Morgan fingerprint density at radius 1 is 1.19 bits per heavy atom. The van der Waals surface area contributed by atoms with Crippen LogP contribution in [0.3, 0.4) is 0 Å². The number of aromatic hydroxyl groups is 1. The second-order valence-corrected chi connectivity index (χ2v) is 8.44. The number of carbonyl (C=O) groups is 4. The lowest BCUT2D eigenvalue weighted by molar-refractivity contribution is -0.170. The Hall–Kier alpha value is -3.24. The minimum absolute atomic E-state index is 0.0837. The maximum atomic E-state index is 13.3. The van der Waals surface area contributed by atoms with Gasteiger partial charge in [-0.3, -0.25) is 19.2 Å². The minimum Gasteiger partial charge on any atom is -0.508 e. The Bertz CT molecular complexity index is 1080. The highest BCUT2D eigenvalue weighted by Crippen LogP contribution is 2.53. The molecule has 0 bridgehead atoms. The third-order valence-electron chi connectivity index (χ3n) is 6.70. The first-order valence-electron chi connectivity index (χ1n) is 9.82. The lowest BCUT2D eigenvalue weighted by Gasteiger charge is -2.52. The number of phenols is 1. The number of fused-ring (bicyclic) bond motifs is 3. The van der Waals surface area contributed by atoms with Crippen LogP contribution in [-0.2, 0) is 20.8 Å². The molecule has 5 atom stereocenters. The third kappa shape index (κ3) is 2.86. The van der Waals surface area contributed by atoms with Crippen molar-refractivity contribution < 1.29 is 39.6 Å². The monoisotopic (exact) mass is 430 g/mol. The lowest BCUT2D eigenvalue weighted by atomic mass is 9.55. The smallest absolute Gasteiger partial charge is 0.255 e. The minimum atomic E-state index is -2.41. The van der Waals surface area contributed by atoms with Gasteiger partial charge in [-0.25, -0.2) is 0 Å². The second-order valence-electron chi connectivity index (χ2n) is 8.44. The number of phenolic OH excluding ortho intramolecular Hbond substituents is 1. The van der Waals surface area contributed by atoms with Gasteiger partial charge >= 0.3 is 0 Å². The summed E-state index contributed by atoms with van der Waals surface area (Å²) in [6.07, 6.45) is -1.91. The zero-order valence-electron chi connectivity index (χ0n) is 16.6. The fraction of sp³-hybridized carbons (Fsp3) is 0.429. The molecule has 1 fully saturated rings. The SMILES string of the molecule is CC(=O)Nc1ccc(O)c2c1CC1CC3CC(=O)C(C(N)=O)=C(O)C3(O)C(O)C1C2=O. The van der Waals surface area contributed by atoms with Gasteiger partial charge in [0.15, 0.2) is 17.2 Å². The fourth-order valence-electron chi connectivity index (χ4n) is 5.38. The van der Waals surface area contributed by atoms with Crippen LogP contribution in [0.4, 0.5) is 5.69 Å². The number of hydrogen-bond donors (Lipinski definition) is 6. The Morgan fingerprint density at radius 3 is 2.48 bits per heavy atom. The van der Waals surface area contributed by atoms with Gasteiger partial charge in [-0.1, -0.05) is 0 Å². The molecule has 0 aromatic heterocycles. The van der Waals surface area contributed by atoms with Crippen molar-refractivity contribution in [2.24, 2.45) is 23.5 Å². The van der Waals surface area contributed by atoms with Gasteiger partial charge in [-0.15, -0.1) is 0 Å². The number of aliphatic hydroxyl groups excluding tert-OH is 2. The third-order valence-corrected chi connectivity index (χ3v) is 6.70. The highest BCUT2D eigenvalue weighted by atomic mass is 16.4. The van der Waals surface area contributed by atoms with Crippen molar-refractivity contribution in [1.29, 1.82) is 0 Å². The number of aliphatic hydroxyl groups is 3. The van der Waals surface area contributed by atoms with E-state index < -0.39 is 58.3 Å². The normalized spacial score (nSPS) is 32.1. The van der Waals surface area contributed by atoms with E-state index in [1.165, 1.54) is 19.1 Å². The first-order valence-corrected chi connectivity index (χ1v) is 9.82. The van der Waals surface area contributed by atoms with Crippen LogP contribution in [0.25, 0.3) is 0 Å². The molecule has 10 nitrogen and oxygen atoms in total. The van der Waals surface area contributed by atoms with Crippen molar-refractivity contribution in [2.45, 2.75) is 37.9 Å². The van der Waals surface area contributed by atoms with Gasteiger partial charge in [0.2, 0.25) is 5.91 Å². The first-order chi connectivity index (χ1) is 14.5. The van der Waals surface area contributed by atoms with Crippen molar-refractivity contribution in [3.05, 3.63) is 34.6 Å². The molecule has 0 heterocycles. The Kier molecular flexibility index (Phi) is 4.67. The molecule has 10 heteroatoms. The van der Waals surface area contributed by atoms with Crippen LogP contribution in [0.2, 0.25) is 0 Å². The standard InChI is InChI=1S/C21H22N2O8/c1-7(24)23-11-2-3-12(25)15-10(11)5-8-4-9-6-13(26)16(20(22)30)19(29)21(9,31)18(28)14(8)17(15)27/h2-3,8-9,14,18,25,28-29,31H,4-6H2,1H3,(H2,22,30)(H,23,24). The van der Waals surface area contributed by atoms with E-state index in [4.69, 9.17) is 5.73 Å². The number of anilines is 1. The highest BCUT2D eigenvalue weighted by Gasteiger charge is 2.62. The van der Waals surface area contributed by atoms with Crippen molar-refractivity contribution in [2.75, 3.05) is 5.32 Å². The summed E-state index contributed by atoms with van der Waals surface area (Å²) in [5.74, 6) is -7.08. The van der Waals surface area contributed by atoms with Crippen molar-refractivity contribution in [3.63, 3.8) is 0 Å². The molecule has 1 aromatic carbocycles. The van der Waals surface area contributed by atoms with Gasteiger partial charge in [0, 0.05) is 24.9 Å². The molecule has 0 saturated heterocycles. The van der Waals surface area contributed by atoms with E-state index in [9.17, 15) is 39.6 Å². The Balaban J connectivity index is 1.84. The molecular weight excluding hydrogens is 408 g/mol. The number of rotatable bonds is 2. The quantitative estimate of drug-likeness (QED) is 0.272. The average Bonchev–Trinajstić information content (AvgIpc) is 2.66. The summed E-state index contributed by atoms with van der Waals surface area (Å²) in [6, 6.07) is 2.72. The van der Waals surface area contributed by atoms with Crippen LogP contribution in [0.15, 0.2) is 23.5 Å². The number of carbonyl (C=O) groups excluding carboxylic acids is 4. The summed E-state index contributed by atoms with van der Waals surface area (Å²) < 4.78 is 0. The van der Waals surface area contributed by atoms with Gasteiger partial charge in [0.1, 0.15) is 23.2 Å². The maximum Gasteiger partial charge on any atom is 0.255 e. The van der Waals surface area contributed by atoms with E-state index in [1.807, 2.05) is 0 Å². The molecule has 7 N–H and O–H groups in total. The number of Topliss-reactive ketones (excluding diaryl/α,β-unsaturated/α-hetero) is 2. The van der Waals surface area contributed by atoms with Crippen molar-refractivity contribution in [1.82, 2.24) is 0 Å². The van der Waals surface area contributed by atoms with Crippen LogP contribution in [0.5, 0.6) is 5.75 Å². The summed E-state index contributed by atoms with van der Waals surface area (Å²) in [5.41, 5.74) is 2.65. The number of nitrogens with two attached hydrogens (primary N) is 1. The predicted octanol–water partition coefficient (Wildman–Crippen LogP) is -0.296. The van der Waals surface area contributed by atoms with E-state index in [2.05, 4.69) is 5.32 Å². The second kappa shape index (κ2) is 6.89. The van der Waals surface area contributed by atoms with Gasteiger partial charge in [-0.2, -0.15) is 0 Å². The van der Waals surface area contributed by atoms with Crippen molar-refractivity contribution in [3.8, 4) is 5.75 Å². The molecular formula is C21H22N2O8. The lowest BCUT2D eigenvalue weighted by Crippen LogP contribution is -2.64. The van der Waals surface area contributed by atoms with E-state index in [-0.39, 0.29) is 36.5 Å². The van der Waals surface area contributed by atoms with Crippen LogP contribution in [-0.4, -0.2) is 55.5 Å². The number of hydrogen-bond acceptors (Lipinski definition) is 8. The van der Waals surface area contributed by atoms with E-state index in [0.717, 1.165) is 0 Å². The molecule has 1 saturated carbocycles. The number of benzene rings is 1. The molecule has 3 aliphatic carbocycles. The Morgan fingerprint density at radius 2 is 1.87 bits per heavy atom. The molecule has 0 radical (unpaired) electrons. The van der Waals surface area contributed by atoms with Crippen molar-refractivity contribution >= 4 is 29.1 Å². The molecule has 164 valence electrons. The molecule has 1 aromatic rings. The molecule has 4 rings (SSSR count). The fourth-order valence-corrected chi connectivity index (χ4v) is 5.38. The van der Waals surface area contributed by atoms with Gasteiger partial charge in [-0.05, 0) is 36.5 Å². The number of amides is 2. The molecule has 0 spiro atoms. The zero-order chi connectivity index (χ0) is 22.8. The molecule has 5 unspecified atom stereocenters. The summed E-state index contributed by atoms with van der Waals surface area (Å²) in [6.45, 7) is 1.30. The summed E-state index contributed by atoms with van der Waals surface area (Å²) in [4.78, 5) is 48.8. The number of nitrogens with one attached hydrogen (secondary N) is 1. The summed E-state index contributed by atoms with van der Waals surface area (Å²) in [7, 11) is 0. The van der Waals surface area contributed by atoms with Crippen LogP contribution >= 0.6 is 0 Å². The summed E-state index contributed by atoms with van der Waals surface area (Å²) in [5, 5.41) is 45.7. The molecule has 3 aliphatic rings. The van der Waals surface area contributed by atoms with E-state index in [1.54, 1.807) is 0 Å². The number of primary amides is 1. The van der Waals surface area contributed by atoms with Crippen LogP contribution in [0, 0.1) is 17.8 Å². The van der Waals surface area contributed by atoms with Gasteiger partial charge in [0.25, 0.3) is 5.91 Å². The number of ketones is 2. The van der Waals surface area contributed by atoms with Gasteiger partial charge in [0.05, 0.1) is 11.5 Å². The van der Waals surface area contributed by atoms with Gasteiger partial charge < -0.3 is 31.5 Å². The van der Waals surface area contributed by atoms with Crippen LogP contribution in [0.1, 0.15) is 35.7 Å². The summed E-state index contributed by atoms with van der Waals surface area (Å²) >= 11 is 0. The zero-order valence-corrected chi connectivity index (χ0v) is 16.6.